The summed E-state index contributed by atoms with van der Waals surface area (Å²) in [7, 11) is 0. The normalized spacial score (nSPS) is 20.5. The third-order valence-corrected chi connectivity index (χ3v) is 6.65. The highest BCUT2D eigenvalue weighted by Crippen LogP contribution is 2.48. The summed E-state index contributed by atoms with van der Waals surface area (Å²) in [5.41, 5.74) is 1.88. The van der Waals surface area contributed by atoms with Gasteiger partial charge in [-0.25, -0.2) is 9.18 Å². The minimum Gasteiger partial charge on any atom is -0.481 e. The molecule has 6 nitrogen and oxygen atoms in total. The molecule has 2 aromatic carbocycles. The molecule has 2 aliphatic rings. The molecule has 2 atom stereocenters. The van der Waals surface area contributed by atoms with Crippen molar-refractivity contribution in [3.63, 3.8) is 0 Å². The molecule has 0 bridgehead atoms. The smallest absolute Gasteiger partial charge is 0.410 e. The molecule has 1 N–H and O–H groups in total. The van der Waals surface area contributed by atoms with Crippen LogP contribution in [-0.4, -0.2) is 41.8 Å². The van der Waals surface area contributed by atoms with E-state index in [0.29, 0.717) is 42.1 Å². The van der Waals surface area contributed by atoms with Gasteiger partial charge in [0.1, 0.15) is 12.4 Å². The summed E-state index contributed by atoms with van der Waals surface area (Å²) < 4.78 is 25.3. The number of carboxylic acids is 1. The number of ether oxygens (including phenoxy) is 2. The van der Waals surface area contributed by atoms with Crippen molar-refractivity contribution in [3.8, 4) is 0 Å². The summed E-state index contributed by atoms with van der Waals surface area (Å²) in [5, 5.41) is 8.80. The molecular weight excluding hydrogens is 425 g/mol. The van der Waals surface area contributed by atoms with Crippen LogP contribution in [0.3, 0.4) is 0 Å². The van der Waals surface area contributed by atoms with Gasteiger partial charge < -0.3 is 19.5 Å². The van der Waals surface area contributed by atoms with Gasteiger partial charge in [0, 0.05) is 18.7 Å². The maximum Gasteiger partial charge on any atom is 0.410 e. The van der Waals surface area contributed by atoms with E-state index in [2.05, 4.69) is 0 Å². The van der Waals surface area contributed by atoms with Crippen molar-refractivity contribution in [2.45, 2.75) is 38.9 Å². The molecule has 1 amide bonds. The fraction of sp³-hybridized carbons (Fsp3) is 0.462. The zero-order valence-corrected chi connectivity index (χ0v) is 18.6. The number of likely N-dealkylation sites (tertiary alicyclic amines) is 1. The number of amides is 1. The van der Waals surface area contributed by atoms with E-state index >= 15 is 0 Å². The second-order valence-corrected chi connectivity index (χ2v) is 9.04. The molecule has 1 saturated carbocycles. The summed E-state index contributed by atoms with van der Waals surface area (Å²) in [6.07, 6.45) is 2.63. The van der Waals surface area contributed by atoms with Crippen LogP contribution >= 0.6 is 0 Å². The van der Waals surface area contributed by atoms with Crippen molar-refractivity contribution in [2.24, 2.45) is 17.8 Å². The number of carbonyl (C=O) groups is 2. The second kappa shape index (κ2) is 10.8. The van der Waals surface area contributed by atoms with Crippen molar-refractivity contribution < 1.29 is 28.6 Å². The van der Waals surface area contributed by atoms with Crippen molar-refractivity contribution >= 4 is 12.1 Å². The van der Waals surface area contributed by atoms with Gasteiger partial charge in [0.15, 0.2) is 0 Å². The van der Waals surface area contributed by atoms with E-state index in [0.717, 1.165) is 37.9 Å². The Hall–Kier alpha value is -2.93. The monoisotopic (exact) mass is 455 g/mol. The van der Waals surface area contributed by atoms with E-state index in [4.69, 9.17) is 14.6 Å². The first-order valence-electron chi connectivity index (χ1n) is 11.5. The zero-order chi connectivity index (χ0) is 23.2. The van der Waals surface area contributed by atoms with Crippen molar-refractivity contribution in [3.05, 3.63) is 71.0 Å². The number of carboxylic acid groups (broad SMARTS) is 1. The first-order chi connectivity index (χ1) is 16.0. The Morgan fingerprint density at radius 1 is 1.03 bits per heavy atom. The molecule has 2 aromatic rings. The quantitative estimate of drug-likeness (QED) is 0.596. The van der Waals surface area contributed by atoms with Crippen molar-refractivity contribution in [2.75, 3.05) is 19.7 Å². The number of hydrogen-bond acceptors (Lipinski definition) is 4. The summed E-state index contributed by atoms with van der Waals surface area (Å²) in [4.78, 5) is 24.9. The molecule has 2 fully saturated rings. The van der Waals surface area contributed by atoms with E-state index < -0.39 is 11.8 Å². The zero-order valence-electron chi connectivity index (χ0n) is 18.6. The van der Waals surface area contributed by atoms with Crippen molar-refractivity contribution in [1.29, 1.82) is 0 Å². The molecule has 1 saturated heterocycles. The van der Waals surface area contributed by atoms with Crippen molar-refractivity contribution in [1.82, 2.24) is 4.90 Å². The lowest BCUT2D eigenvalue weighted by molar-refractivity contribution is -0.136. The number of piperidine rings is 1. The lowest BCUT2D eigenvalue weighted by Gasteiger charge is -2.31. The van der Waals surface area contributed by atoms with E-state index in [1.807, 2.05) is 30.3 Å². The van der Waals surface area contributed by atoms with Crippen LogP contribution in [0, 0.1) is 23.6 Å². The molecule has 176 valence electrons. The van der Waals surface area contributed by atoms with E-state index in [1.165, 1.54) is 6.07 Å². The molecule has 0 unspecified atom stereocenters. The van der Waals surface area contributed by atoms with Crippen LogP contribution in [0.5, 0.6) is 0 Å². The molecule has 0 aromatic heterocycles. The Morgan fingerprint density at radius 2 is 1.79 bits per heavy atom. The summed E-state index contributed by atoms with van der Waals surface area (Å²) in [5.74, 6) is 0.278. The average molecular weight is 456 g/mol. The highest BCUT2D eigenvalue weighted by atomic mass is 19.1. The standard InChI is InChI=1S/C26H30FNO5/c27-24-12-19(13-25(29)30)6-7-21(24)16-32-17-22-14-23(22)20-8-10-28(11-9-20)26(31)33-15-18-4-2-1-3-5-18/h1-7,12,20,22-23H,8-11,13-17H2,(H,29,30)/t22-,23-/m1/s1. The van der Waals surface area contributed by atoms with Crippen LogP contribution in [0.25, 0.3) is 0 Å². The van der Waals surface area contributed by atoms with Crippen LogP contribution in [0.2, 0.25) is 0 Å². The van der Waals surface area contributed by atoms with E-state index in [1.54, 1.807) is 17.0 Å². The van der Waals surface area contributed by atoms with Gasteiger partial charge >= 0.3 is 12.1 Å². The van der Waals surface area contributed by atoms with Gasteiger partial charge in [0.25, 0.3) is 0 Å². The number of halogens is 1. The first kappa shape index (κ1) is 23.2. The largest absolute Gasteiger partial charge is 0.481 e. The number of rotatable bonds is 9. The van der Waals surface area contributed by atoms with Gasteiger partial charge in [0.05, 0.1) is 19.6 Å². The SMILES string of the molecule is O=C(O)Cc1ccc(COC[C@H]2C[C@@H]2C2CCN(C(=O)OCc3ccccc3)CC2)c(F)c1. The summed E-state index contributed by atoms with van der Waals surface area (Å²) in [6.45, 7) is 2.52. The fourth-order valence-corrected chi connectivity index (χ4v) is 4.67. The Labute approximate surface area is 193 Å². The highest BCUT2D eigenvalue weighted by Gasteiger charge is 2.44. The van der Waals surface area contributed by atoms with Gasteiger partial charge in [-0.3, -0.25) is 4.79 Å². The van der Waals surface area contributed by atoms with Gasteiger partial charge in [-0.05, 0) is 54.2 Å². The number of hydrogen-bond donors (Lipinski definition) is 1. The molecule has 4 rings (SSSR count). The molecule has 1 heterocycles. The van der Waals surface area contributed by atoms with Gasteiger partial charge in [-0.15, -0.1) is 0 Å². The minimum absolute atomic E-state index is 0.189. The average Bonchev–Trinajstić information content (AvgIpc) is 3.59. The summed E-state index contributed by atoms with van der Waals surface area (Å²) in [6, 6.07) is 14.2. The molecular formula is C26H30FNO5. The number of carbonyl (C=O) groups excluding carboxylic acids is 1. The molecule has 0 radical (unpaired) electrons. The first-order valence-corrected chi connectivity index (χ1v) is 11.5. The maximum atomic E-state index is 14.1. The van der Waals surface area contributed by atoms with Gasteiger partial charge in [0.2, 0.25) is 0 Å². The van der Waals surface area contributed by atoms with E-state index in [-0.39, 0.29) is 19.1 Å². The molecule has 7 heteroatoms. The summed E-state index contributed by atoms with van der Waals surface area (Å²) >= 11 is 0. The maximum absolute atomic E-state index is 14.1. The fourth-order valence-electron chi connectivity index (χ4n) is 4.67. The van der Waals surface area contributed by atoms with Gasteiger partial charge in [-0.1, -0.05) is 42.5 Å². The number of benzene rings is 2. The minimum atomic E-state index is -0.979. The highest BCUT2D eigenvalue weighted by molar-refractivity contribution is 5.70. The molecule has 1 aliphatic heterocycles. The molecule has 33 heavy (non-hydrogen) atoms. The Kier molecular flexibility index (Phi) is 7.60. The lowest BCUT2D eigenvalue weighted by atomic mass is 9.91. The third kappa shape index (κ3) is 6.54. The Morgan fingerprint density at radius 3 is 2.48 bits per heavy atom. The lowest BCUT2D eigenvalue weighted by Crippen LogP contribution is -2.39. The van der Waals surface area contributed by atoms with Gasteiger partial charge in [-0.2, -0.15) is 0 Å². The van der Waals surface area contributed by atoms with Crippen LogP contribution in [0.4, 0.5) is 9.18 Å². The van der Waals surface area contributed by atoms with Crippen LogP contribution in [0.15, 0.2) is 48.5 Å². The molecule has 1 aliphatic carbocycles. The van der Waals surface area contributed by atoms with Crippen LogP contribution in [-0.2, 0) is 33.9 Å². The number of aliphatic carboxylic acids is 1. The van der Waals surface area contributed by atoms with Crippen LogP contribution < -0.4 is 0 Å². The molecule has 0 spiro atoms. The number of nitrogens with zero attached hydrogens (tertiary/aromatic N) is 1. The predicted octanol–water partition coefficient (Wildman–Crippen LogP) is 4.65. The van der Waals surface area contributed by atoms with E-state index in [9.17, 15) is 14.0 Å². The second-order valence-electron chi connectivity index (χ2n) is 9.04. The third-order valence-electron chi connectivity index (χ3n) is 6.65. The Balaban J connectivity index is 1.13. The van der Waals surface area contributed by atoms with Crippen LogP contribution in [0.1, 0.15) is 36.0 Å². The predicted molar refractivity (Wildman–Crippen MR) is 120 cm³/mol. The topological polar surface area (TPSA) is 76.1 Å². The Bertz CT molecular complexity index is 958.